The molecule has 0 bridgehead atoms. The zero-order chi connectivity index (χ0) is 31.3. The van der Waals surface area contributed by atoms with Crippen LogP contribution in [0, 0.1) is 5.82 Å². The number of rotatable bonds is 8. The average molecular weight is 627 g/mol. The number of anilines is 1. The molecule has 1 N–H and O–H groups in total. The number of hydrogen-bond donors (Lipinski definition) is 1. The molecule has 12 heteroatoms. The number of carbonyl (C=O) groups is 4. The van der Waals surface area contributed by atoms with Crippen molar-refractivity contribution in [2.24, 2.45) is 4.99 Å². The van der Waals surface area contributed by atoms with Crippen molar-refractivity contribution in [3.8, 4) is 0 Å². The number of nitrogens with one attached hydrogen (secondary N) is 1. The van der Waals surface area contributed by atoms with E-state index in [0.29, 0.717) is 27.9 Å². The zero-order valence-corrected chi connectivity index (χ0v) is 24.6. The summed E-state index contributed by atoms with van der Waals surface area (Å²) in [5.74, 6) is -1.09. The second-order valence-corrected chi connectivity index (χ2v) is 11.4. The number of aliphatic imine (C=N–C) groups is 1. The molecule has 2 saturated heterocycles. The smallest absolute Gasteiger partial charge is 0.417 e. The minimum Gasteiger partial charge on any atom is -0.467 e. The monoisotopic (exact) mass is 626 g/mol. The molecule has 0 radical (unpaired) electrons. The maximum Gasteiger partial charge on any atom is 0.417 e. The van der Waals surface area contributed by atoms with Crippen molar-refractivity contribution in [1.29, 1.82) is 0 Å². The van der Waals surface area contributed by atoms with Crippen molar-refractivity contribution >= 4 is 52.1 Å². The van der Waals surface area contributed by atoms with Crippen molar-refractivity contribution in [2.75, 3.05) is 5.32 Å². The van der Waals surface area contributed by atoms with Crippen molar-refractivity contribution < 1.29 is 32.7 Å². The van der Waals surface area contributed by atoms with Gasteiger partial charge in [-0.05, 0) is 60.0 Å². The summed E-state index contributed by atoms with van der Waals surface area (Å²) in [5, 5.41) is 2.52. The van der Waals surface area contributed by atoms with E-state index in [0.717, 1.165) is 10.5 Å². The van der Waals surface area contributed by atoms with E-state index in [1.165, 1.54) is 35.1 Å². The first-order valence-corrected chi connectivity index (χ1v) is 15.0. The lowest BCUT2D eigenvalue weighted by molar-refractivity contribution is -0.131. The number of thioether (sulfide) groups is 1. The fourth-order valence-corrected chi connectivity index (χ4v) is 6.20. The highest BCUT2D eigenvalue weighted by molar-refractivity contribution is 8.15. The molecule has 2 aliphatic heterocycles. The lowest BCUT2D eigenvalue weighted by Gasteiger charge is -2.22. The van der Waals surface area contributed by atoms with Crippen LogP contribution in [0.1, 0.15) is 35.0 Å². The van der Waals surface area contributed by atoms with Gasteiger partial charge in [-0.15, -0.1) is 0 Å². The molecule has 2 fully saturated rings. The Hall–Kier alpha value is -5.23. The van der Waals surface area contributed by atoms with Crippen LogP contribution in [0.2, 0.25) is 0 Å². The van der Waals surface area contributed by atoms with E-state index in [-0.39, 0.29) is 31.9 Å². The van der Waals surface area contributed by atoms with Crippen LogP contribution in [0.15, 0.2) is 107 Å². The average Bonchev–Trinajstić information content (AvgIpc) is 3.77. The Morgan fingerprint density at radius 3 is 2.53 bits per heavy atom. The van der Waals surface area contributed by atoms with Crippen LogP contribution in [0.3, 0.4) is 0 Å². The van der Waals surface area contributed by atoms with Crippen LogP contribution >= 0.6 is 11.8 Å². The van der Waals surface area contributed by atoms with Crippen molar-refractivity contribution in [1.82, 2.24) is 9.80 Å². The normalized spacial score (nSPS) is 18.9. The summed E-state index contributed by atoms with van der Waals surface area (Å²) in [4.78, 5) is 58.8. The molecule has 1 aromatic heterocycles. The molecule has 2 aliphatic rings. The van der Waals surface area contributed by atoms with E-state index in [9.17, 15) is 23.6 Å². The third-order valence-electron chi connectivity index (χ3n) is 7.27. The molecule has 0 aliphatic carbocycles. The van der Waals surface area contributed by atoms with Gasteiger partial charge in [0.15, 0.2) is 5.17 Å². The summed E-state index contributed by atoms with van der Waals surface area (Å²) in [6, 6.07) is 24.0. The first-order valence-electron chi connectivity index (χ1n) is 14.1. The van der Waals surface area contributed by atoms with E-state index in [1.807, 2.05) is 18.2 Å². The largest absolute Gasteiger partial charge is 0.467 e. The van der Waals surface area contributed by atoms with Crippen molar-refractivity contribution in [2.45, 2.75) is 37.3 Å². The Labute approximate surface area is 261 Å². The van der Waals surface area contributed by atoms with Crippen molar-refractivity contribution in [3.63, 3.8) is 0 Å². The van der Waals surface area contributed by atoms with Gasteiger partial charge in [0.25, 0.3) is 0 Å². The maximum atomic E-state index is 13.8. The SMILES string of the molecule is O=C(Nc1ccc(C2S/C(=N\c3cccc(F)c3)N(Cc3ccco3)C2=O)cc1)[C@@H]1CCC(=O)N1C(=O)OCc1ccccc1. The molecule has 3 heterocycles. The van der Waals surface area contributed by atoms with Gasteiger partial charge in [0.05, 0.1) is 18.5 Å². The van der Waals surface area contributed by atoms with Crippen LogP contribution in [0.5, 0.6) is 0 Å². The van der Waals surface area contributed by atoms with E-state index in [1.54, 1.807) is 60.7 Å². The number of amides is 4. The molecule has 10 nitrogen and oxygen atoms in total. The number of amidine groups is 1. The third kappa shape index (κ3) is 6.80. The maximum absolute atomic E-state index is 13.8. The van der Waals surface area contributed by atoms with E-state index >= 15 is 0 Å². The fourth-order valence-electron chi connectivity index (χ4n) is 5.03. The third-order valence-corrected chi connectivity index (χ3v) is 8.50. The summed E-state index contributed by atoms with van der Waals surface area (Å²) in [5.41, 5.74) is 2.22. The number of halogens is 1. The fraction of sp³-hybridized carbons (Fsp3) is 0.182. The molecule has 4 aromatic rings. The lowest BCUT2D eigenvalue weighted by atomic mass is 10.1. The molecular weight excluding hydrogens is 599 g/mol. The molecule has 1 unspecified atom stereocenters. The van der Waals surface area contributed by atoms with Crippen LogP contribution in [0.25, 0.3) is 0 Å². The number of carbonyl (C=O) groups excluding carboxylic acids is 4. The first kappa shape index (κ1) is 29.8. The van der Waals surface area contributed by atoms with Gasteiger partial charge in [0, 0.05) is 12.1 Å². The highest BCUT2D eigenvalue weighted by Gasteiger charge is 2.42. The summed E-state index contributed by atoms with van der Waals surface area (Å²) >= 11 is 1.23. The number of nitrogens with zero attached hydrogens (tertiary/aromatic N) is 3. The number of benzene rings is 3. The molecule has 228 valence electrons. The van der Waals surface area contributed by atoms with Gasteiger partial charge in [-0.25, -0.2) is 19.1 Å². The Morgan fingerprint density at radius 2 is 1.80 bits per heavy atom. The summed E-state index contributed by atoms with van der Waals surface area (Å²) in [6.45, 7) is 0.132. The van der Waals surface area contributed by atoms with Crippen LogP contribution in [0.4, 0.5) is 20.6 Å². The predicted octanol–water partition coefficient (Wildman–Crippen LogP) is 6.19. The topological polar surface area (TPSA) is 122 Å². The second kappa shape index (κ2) is 13.2. The number of ether oxygens (including phenoxy) is 1. The molecular formula is C33H27FN4O6S. The lowest BCUT2D eigenvalue weighted by Crippen LogP contribution is -2.45. The molecule has 3 aromatic carbocycles. The molecule has 0 spiro atoms. The van der Waals surface area contributed by atoms with E-state index in [4.69, 9.17) is 9.15 Å². The molecule has 2 atom stereocenters. The predicted molar refractivity (Wildman–Crippen MR) is 165 cm³/mol. The van der Waals surface area contributed by atoms with Gasteiger partial charge >= 0.3 is 6.09 Å². The summed E-state index contributed by atoms with van der Waals surface area (Å²) in [6.07, 6.45) is 0.871. The number of likely N-dealkylation sites (tertiary alicyclic amines) is 1. The van der Waals surface area contributed by atoms with Gasteiger partial charge in [-0.2, -0.15) is 0 Å². The summed E-state index contributed by atoms with van der Waals surface area (Å²) in [7, 11) is 0. The Balaban J connectivity index is 1.14. The van der Waals surface area contributed by atoms with Gasteiger partial charge < -0.3 is 14.5 Å². The highest BCUT2D eigenvalue weighted by Crippen LogP contribution is 2.41. The quantitative estimate of drug-likeness (QED) is 0.248. The molecule has 4 amide bonds. The number of furan rings is 1. The second-order valence-electron chi connectivity index (χ2n) is 10.3. The minimum absolute atomic E-state index is 0.0231. The first-order chi connectivity index (χ1) is 21.9. The van der Waals surface area contributed by atoms with Gasteiger partial charge in [0.2, 0.25) is 17.7 Å². The van der Waals surface area contributed by atoms with E-state index in [2.05, 4.69) is 10.3 Å². The van der Waals surface area contributed by atoms with Gasteiger partial charge in [-0.1, -0.05) is 60.3 Å². The van der Waals surface area contributed by atoms with E-state index < -0.39 is 35.0 Å². The molecule has 0 saturated carbocycles. The Morgan fingerprint density at radius 1 is 1.00 bits per heavy atom. The van der Waals surface area contributed by atoms with Gasteiger partial charge in [0.1, 0.15) is 29.5 Å². The van der Waals surface area contributed by atoms with Crippen LogP contribution in [-0.4, -0.2) is 44.8 Å². The highest BCUT2D eigenvalue weighted by atomic mass is 32.2. The van der Waals surface area contributed by atoms with Crippen LogP contribution < -0.4 is 5.32 Å². The number of imide groups is 1. The van der Waals surface area contributed by atoms with Gasteiger partial charge in [-0.3, -0.25) is 19.3 Å². The van der Waals surface area contributed by atoms with Crippen molar-refractivity contribution in [3.05, 3.63) is 120 Å². The Bertz CT molecular complexity index is 1750. The zero-order valence-electron chi connectivity index (χ0n) is 23.8. The Kier molecular flexibility index (Phi) is 8.74. The molecule has 6 rings (SSSR count). The standard InChI is InChI=1S/C33H27FN4O6S/c34-23-8-4-9-25(18-23)36-32-37(19-26-10-5-17-43-26)31(41)29(45-32)22-11-13-24(14-12-22)35-30(40)27-15-16-28(39)38(27)33(42)44-20-21-6-2-1-3-7-21/h1-14,17-18,27,29H,15-16,19-20H2,(H,35,40)/b36-32-/t27-,29?/m0/s1. The summed E-state index contributed by atoms with van der Waals surface area (Å²) < 4.78 is 24.6. The molecule has 45 heavy (non-hydrogen) atoms. The minimum atomic E-state index is -1.01. The van der Waals surface area contributed by atoms with Crippen LogP contribution in [-0.2, 0) is 32.3 Å². The number of hydrogen-bond acceptors (Lipinski definition) is 8.